The first-order valence-electron chi connectivity index (χ1n) is 12.2. The first-order valence-corrected chi connectivity index (χ1v) is 12.2. The summed E-state index contributed by atoms with van der Waals surface area (Å²) in [7, 11) is 0. The van der Waals surface area contributed by atoms with Crippen molar-refractivity contribution in [2.24, 2.45) is 23.7 Å². The summed E-state index contributed by atoms with van der Waals surface area (Å²) in [6.45, 7) is 2.32. The van der Waals surface area contributed by atoms with Crippen LogP contribution in [-0.4, -0.2) is 52.8 Å². The summed E-state index contributed by atoms with van der Waals surface area (Å²) in [4.78, 5) is 11.4. The fourth-order valence-corrected chi connectivity index (χ4v) is 5.19. The van der Waals surface area contributed by atoms with Crippen LogP contribution in [0.1, 0.15) is 51.9 Å². The maximum absolute atomic E-state index is 13.7. The van der Waals surface area contributed by atoms with Gasteiger partial charge in [-0.2, -0.15) is 0 Å². The number of aliphatic carboxylic acids is 1. The zero-order valence-electron chi connectivity index (χ0n) is 19.6. The number of aliphatic hydroxyl groups is 2. The van der Waals surface area contributed by atoms with E-state index in [0.717, 1.165) is 43.9 Å². The third-order valence-electron chi connectivity index (χ3n) is 7.11. The minimum atomic E-state index is -1.04. The van der Waals surface area contributed by atoms with Gasteiger partial charge in [0.15, 0.2) is 11.6 Å². The van der Waals surface area contributed by atoms with E-state index in [9.17, 15) is 28.9 Å². The lowest BCUT2D eigenvalue weighted by Gasteiger charge is -2.21. The zero-order chi connectivity index (χ0) is 24.7. The van der Waals surface area contributed by atoms with E-state index in [1.807, 2.05) is 6.92 Å². The molecule has 3 rings (SSSR count). The summed E-state index contributed by atoms with van der Waals surface area (Å²) in [6, 6.07) is 2.88. The number of carbonyl (C=O) groups is 1. The van der Waals surface area contributed by atoms with Crippen LogP contribution in [0, 0.1) is 35.3 Å². The van der Waals surface area contributed by atoms with Crippen molar-refractivity contribution >= 4 is 5.97 Å². The molecule has 2 aliphatic rings. The minimum absolute atomic E-state index is 0.0738. The molecular formula is C26H36F2O6. The molecule has 1 saturated carbocycles. The van der Waals surface area contributed by atoms with Gasteiger partial charge < -0.3 is 24.8 Å². The van der Waals surface area contributed by atoms with Crippen molar-refractivity contribution < 1.29 is 38.4 Å². The van der Waals surface area contributed by atoms with Crippen LogP contribution >= 0.6 is 0 Å². The molecule has 2 fully saturated rings. The highest BCUT2D eigenvalue weighted by Gasteiger charge is 2.43. The summed E-state index contributed by atoms with van der Waals surface area (Å²) < 4.78 is 38.2. The normalized spacial score (nSPS) is 28.9. The lowest BCUT2D eigenvalue weighted by molar-refractivity contribution is -0.142. The average molecular weight is 483 g/mol. The molecule has 1 aromatic carbocycles. The highest BCUT2D eigenvalue weighted by molar-refractivity contribution is 5.69. The molecule has 2 unspecified atom stereocenters. The second-order valence-electron chi connectivity index (χ2n) is 9.60. The van der Waals surface area contributed by atoms with Crippen molar-refractivity contribution in [3.05, 3.63) is 42.0 Å². The average Bonchev–Trinajstić information content (AvgIpc) is 2.96. The summed E-state index contributed by atoms with van der Waals surface area (Å²) in [5.74, 6) is -2.42. The number of carboxylic acids is 1. The Morgan fingerprint density at radius 1 is 1.29 bits per heavy atom. The van der Waals surface area contributed by atoms with Crippen LogP contribution < -0.4 is 4.74 Å². The Kier molecular flexibility index (Phi) is 9.85. The molecule has 0 bridgehead atoms. The van der Waals surface area contributed by atoms with Gasteiger partial charge >= 0.3 is 5.97 Å². The lowest BCUT2D eigenvalue weighted by Crippen LogP contribution is -2.22. The van der Waals surface area contributed by atoms with Gasteiger partial charge in [-0.25, -0.2) is 8.78 Å². The van der Waals surface area contributed by atoms with E-state index in [-0.39, 0.29) is 36.2 Å². The van der Waals surface area contributed by atoms with Crippen molar-refractivity contribution in [1.82, 2.24) is 0 Å². The molecule has 0 spiro atoms. The number of rotatable bonds is 11. The number of hydrogen-bond donors (Lipinski definition) is 3. The Hall–Kier alpha value is -2.03. The first-order chi connectivity index (χ1) is 16.3. The molecule has 3 N–H and O–H groups in total. The van der Waals surface area contributed by atoms with Gasteiger partial charge in [0.05, 0.1) is 18.1 Å². The molecule has 34 heavy (non-hydrogen) atoms. The van der Waals surface area contributed by atoms with Gasteiger partial charge in [-0.3, -0.25) is 4.79 Å². The Bertz CT molecular complexity index is 832. The first kappa shape index (κ1) is 26.6. The second-order valence-corrected chi connectivity index (χ2v) is 9.60. The van der Waals surface area contributed by atoms with Crippen LogP contribution in [0.15, 0.2) is 30.4 Å². The Morgan fingerprint density at radius 3 is 2.82 bits per heavy atom. The number of benzene rings is 1. The highest BCUT2D eigenvalue weighted by atomic mass is 19.1. The number of carboxylic acid groups (broad SMARTS) is 1. The smallest absolute Gasteiger partial charge is 0.306 e. The molecule has 0 amide bonds. The number of aliphatic hydroxyl groups excluding tert-OH is 2. The van der Waals surface area contributed by atoms with Gasteiger partial charge in [0.25, 0.3) is 0 Å². The van der Waals surface area contributed by atoms with E-state index in [0.29, 0.717) is 31.8 Å². The number of halogens is 2. The largest absolute Gasteiger partial charge is 0.487 e. The molecule has 0 radical (unpaired) electrons. The SMILES string of the molecule is CCCC(CCC1CC[C@@H]2[C@@H](C=C[C@@H](O)COc3cc(F)ccc3F)[C@H](O)C[C@H]2OC1)C(=O)O. The molecule has 190 valence electrons. The molecule has 1 heterocycles. The molecular weight excluding hydrogens is 446 g/mol. The molecule has 0 aromatic heterocycles. The molecule has 7 atom stereocenters. The van der Waals surface area contributed by atoms with Crippen LogP contribution in [0.5, 0.6) is 5.75 Å². The maximum atomic E-state index is 13.7. The fourth-order valence-electron chi connectivity index (χ4n) is 5.19. The monoisotopic (exact) mass is 482 g/mol. The van der Waals surface area contributed by atoms with Crippen LogP contribution in [0.2, 0.25) is 0 Å². The maximum Gasteiger partial charge on any atom is 0.306 e. The lowest BCUT2D eigenvalue weighted by atomic mass is 9.85. The number of hydrogen-bond acceptors (Lipinski definition) is 5. The van der Waals surface area contributed by atoms with E-state index in [1.54, 1.807) is 6.08 Å². The van der Waals surface area contributed by atoms with E-state index in [4.69, 9.17) is 9.47 Å². The van der Waals surface area contributed by atoms with E-state index in [1.165, 1.54) is 6.08 Å². The van der Waals surface area contributed by atoms with Crippen LogP contribution in [0.4, 0.5) is 8.78 Å². The van der Waals surface area contributed by atoms with E-state index in [2.05, 4.69) is 0 Å². The highest BCUT2D eigenvalue weighted by Crippen LogP contribution is 2.42. The van der Waals surface area contributed by atoms with Gasteiger partial charge in [0.1, 0.15) is 18.5 Å². The second kappa shape index (κ2) is 12.6. The molecule has 1 aliphatic heterocycles. The summed E-state index contributed by atoms with van der Waals surface area (Å²) in [5.41, 5.74) is 0. The Morgan fingerprint density at radius 2 is 2.09 bits per heavy atom. The third-order valence-corrected chi connectivity index (χ3v) is 7.11. The number of fused-ring (bicyclic) bond motifs is 1. The molecule has 1 aliphatic carbocycles. The molecule has 1 aromatic rings. The van der Waals surface area contributed by atoms with Gasteiger partial charge in [-0.1, -0.05) is 25.5 Å². The quantitative estimate of drug-likeness (QED) is 0.406. The standard InChI is InChI=1S/C26H36F2O6/c1-2-3-17(26(31)32)6-4-16-5-9-21-20(23(30)13-24(21)33-14-16)10-8-19(29)15-34-25-12-18(27)7-11-22(25)28/h7-8,10-12,16-17,19-21,23-24,29-30H,2-6,9,13-15H2,1H3,(H,31,32)/t16?,17?,19-,20-,21-,23-,24-/m1/s1. The van der Waals surface area contributed by atoms with Crippen molar-refractivity contribution in [3.63, 3.8) is 0 Å². The molecule has 1 saturated heterocycles. The molecule has 6 nitrogen and oxygen atoms in total. The van der Waals surface area contributed by atoms with Gasteiger partial charge in [-0.15, -0.1) is 0 Å². The topological polar surface area (TPSA) is 96.2 Å². The van der Waals surface area contributed by atoms with Crippen molar-refractivity contribution in [1.29, 1.82) is 0 Å². The van der Waals surface area contributed by atoms with Gasteiger partial charge in [0.2, 0.25) is 0 Å². The minimum Gasteiger partial charge on any atom is -0.487 e. The van der Waals surface area contributed by atoms with Gasteiger partial charge in [0, 0.05) is 25.0 Å². The third kappa shape index (κ3) is 7.23. The predicted molar refractivity (Wildman–Crippen MR) is 122 cm³/mol. The molecule has 8 heteroatoms. The van der Waals surface area contributed by atoms with Gasteiger partial charge in [-0.05, 0) is 56.1 Å². The Balaban J connectivity index is 1.51. The van der Waals surface area contributed by atoms with Crippen molar-refractivity contribution in [3.8, 4) is 5.75 Å². The van der Waals surface area contributed by atoms with Crippen LogP contribution in [0.3, 0.4) is 0 Å². The van der Waals surface area contributed by atoms with E-state index < -0.39 is 29.8 Å². The summed E-state index contributed by atoms with van der Waals surface area (Å²) in [5, 5.41) is 30.2. The summed E-state index contributed by atoms with van der Waals surface area (Å²) >= 11 is 0. The van der Waals surface area contributed by atoms with Crippen LogP contribution in [-0.2, 0) is 9.53 Å². The number of ether oxygens (including phenoxy) is 2. The summed E-state index contributed by atoms with van der Waals surface area (Å²) in [6.07, 6.45) is 6.87. The fraction of sp³-hybridized carbons (Fsp3) is 0.654. The van der Waals surface area contributed by atoms with Crippen LogP contribution in [0.25, 0.3) is 0 Å². The van der Waals surface area contributed by atoms with Crippen molar-refractivity contribution in [2.45, 2.75) is 70.2 Å². The predicted octanol–water partition coefficient (Wildman–Crippen LogP) is 4.33. The van der Waals surface area contributed by atoms with Crippen molar-refractivity contribution in [2.75, 3.05) is 13.2 Å². The van der Waals surface area contributed by atoms with E-state index >= 15 is 0 Å². The Labute approximate surface area is 199 Å². The zero-order valence-corrected chi connectivity index (χ0v) is 19.6.